The molecule has 1 atom stereocenters. The van der Waals surface area contributed by atoms with Crippen LogP contribution in [0.25, 0.3) is 0 Å². The van der Waals surface area contributed by atoms with Gasteiger partial charge in [0.15, 0.2) is 0 Å². The molecule has 1 N–H and O–H groups in total. The van der Waals surface area contributed by atoms with Gasteiger partial charge in [-0.3, -0.25) is 0 Å². The number of nitrogens with zero attached hydrogens (tertiary/aromatic N) is 2. The zero-order valence-electron chi connectivity index (χ0n) is 11.3. The highest BCUT2D eigenvalue weighted by atomic mass is 16.3. The predicted molar refractivity (Wildman–Crippen MR) is 69.7 cm³/mol. The van der Waals surface area contributed by atoms with Crippen LogP contribution in [0.2, 0.25) is 0 Å². The van der Waals surface area contributed by atoms with Crippen molar-refractivity contribution in [3.8, 4) is 0 Å². The van der Waals surface area contributed by atoms with Crippen molar-refractivity contribution < 1.29 is 9.67 Å². The SMILES string of the molecule is CCCCCCCCn1cc[n+](C[C@H](C)O)c1. The van der Waals surface area contributed by atoms with E-state index >= 15 is 0 Å². The van der Waals surface area contributed by atoms with Crippen LogP contribution < -0.4 is 4.57 Å². The molecule has 98 valence electrons. The summed E-state index contributed by atoms with van der Waals surface area (Å²) in [5.74, 6) is 0. The summed E-state index contributed by atoms with van der Waals surface area (Å²) in [4.78, 5) is 0. The van der Waals surface area contributed by atoms with Crippen LogP contribution in [-0.2, 0) is 13.1 Å². The molecule has 3 nitrogen and oxygen atoms in total. The van der Waals surface area contributed by atoms with Gasteiger partial charge >= 0.3 is 0 Å². The zero-order chi connectivity index (χ0) is 12.5. The summed E-state index contributed by atoms with van der Waals surface area (Å²) in [6.45, 7) is 5.85. The van der Waals surface area contributed by atoms with Crippen molar-refractivity contribution in [2.24, 2.45) is 0 Å². The first-order chi connectivity index (χ1) is 8.22. The van der Waals surface area contributed by atoms with Crippen LogP contribution >= 0.6 is 0 Å². The summed E-state index contributed by atoms with van der Waals surface area (Å²) in [5, 5.41) is 9.28. The normalized spacial score (nSPS) is 12.9. The summed E-state index contributed by atoms with van der Waals surface area (Å²) < 4.78 is 4.25. The molecule has 0 saturated carbocycles. The van der Waals surface area contributed by atoms with E-state index in [1.54, 1.807) is 0 Å². The molecule has 0 aliphatic carbocycles. The third-order valence-corrected chi connectivity index (χ3v) is 2.99. The molecule has 0 radical (unpaired) electrons. The average Bonchev–Trinajstić information content (AvgIpc) is 2.70. The van der Waals surface area contributed by atoms with Crippen LogP contribution in [0.15, 0.2) is 18.7 Å². The van der Waals surface area contributed by atoms with E-state index in [0.717, 1.165) is 6.54 Å². The summed E-state index contributed by atoms with van der Waals surface area (Å²) in [6, 6.07) is 0. The minimum Gasteiger partial charge on any atom is -0.389 e. The van der Waals surface area contributed by atoms with Crippen molar-refractivity contribution in [2.75, 3.05) is 0 Å². The largest absolute Gasteiger partial charge is 0.389 e. The second kappa shape index (κ2) is 8.29. The van der Waals surface area contributed by atoms with E-state index < -0.39 is 0 Å². The Morgan fingerprint density at radius 1 is 1.18 bits per heavy atom. The van der Waals surface area contributed by atoms with Crippen molar-refractivity contribution in [2.45, 2.75) is 71.6 Å². The van der Waals surface area contributed by atoms with E-state index in [1.807, 2.05) is 17.7 Å². The Hall–Kier alpha value is -0.830. The van der Waals surface area contributed by atoms with Crippen LogP contribution in [0.1, 0.15) is 52.4 Å². The van der Waals surface area contributed by atoms with Gasteiger partial charge in [-0.1, -0.05) is 32.6 Å². The second-order valence-electron chi connectivity index (χ2n) is 4.97. The highest BCUT2D eigenvalue weighted by Crippen LogP contribution is 2.05. The van der Waals surface area contributed by atoms with E-state index in [4.69, 9.17) is 0 Å². The first kappa shape index (κ1) is 14.2. The topological polar surface area (TPSA) is 29.0 Å². The summed E-state index contributed by atoms with van der Waals surface area (Å²) in [7, 11) is 0. The smallest absolute Gasteiger partial charge is 0.243 e. The average molecular weight is 239 g/mol. The highest BCUT2D eigenvalue weighted by molar-refractivity contribution is 4.66. The Kier molecular flexibility index (Phi) is 6.94. The maximum Gasteiger partial charge on any atom is 0.243 e. The number of hydrogen-bond donors (Lipinski definition) is 1. The third kappa shape index (κ3) is 6.47. The number of rotatable bonds is 9. The van der Waals surface area contributed by atoms with E-state index in [1.165, 1.54) is 38.5 Å². The molecule has 0 fully saturated rings. The van der Waals surface area contributed by atoms with Gasteiger partial charge in [0.2, 0.25) is 6.33 Å². The molecule has 0 unspecified atom stereocenters. The molecule has 1 aromatic heterocycles. The molecule has 0 aliphatic rings. The summed E-state index contributed by atoms with van der Waals surface area (Å²) >= 11 is 0. The number of aromatic nitrogens is 2. The fourth-order valence-corrected chi connectivity index (χ4v) is 2.06. The number of hydrogen-bond acceptors (Lipinski definition) is 1. The molecule has 0 aliphatic heterocycles. The van der Waals surface area contributed by atoms with Gasteiger partial charge in [-0.05, 0) is 19.8 Å². The molecule has 0 aromatic carbocycles. The monoisotopic (exact) mass is 239 g/mol. The highest BCUT2D eigenvalue weighted by Gasteiger charge is 2.05. The lowest BCUT2D eigenvalue weighted by atomic mass is 10.1. The maximum absolute atomic E-state index is 9.28. The molecule has 1 heterocycles. The molecule has 0 bridgehead atoms. The van der Waals surface area contributed by atoms with E-state index in [9.17, 15) is 5.11 Å². The number of aryl methyl sites for hydroxylation is 1. The molecular formula is C14H27N2O+. The Balaban J connectivity index is 2.12. The fraction of sp³-hybridized carbons (Fsp3) is 0.786. The van der Waals surface area contributed by atoms with Gasteiger partial charge in [-0.25, -0.2) is 9.13 Å². The summed E-state index contributed by atoms with van der Waals surface area (Å²) in [5.41, 5.74) is 0. The molecule has 3 heteroatoms. The van der Waals surface area contributed by atoms with Crippen LogP contribution in [0.3, 0.4) is 0 Å². The molecule has 1 aromatic rings. The number of aliphatic hydroxyl groups excluding tert-OH is 1. The third-order valence-electron chi connectivity index (χ3n) is 2.99. The number of unbranched alkanes of at least 4 members (excludes halogenated alkanes) is 5. The van der Waals surface area contributed by atoms with Crippen molar-refractivity contribution in [3.63, 3.8) is 0 Å². The first-order valence-corrected chi connectivity index (χ1v) is 6.95. The molecular weight excluding hydrogens is 212 g/mol. The second-order valence-corrected chi connectivity index (χ2v) is 4.97. The Morgan fingerprint density at radius 2 is 1.88 bits per heavy atom. The van der Waals surface area contributed by atoms with Crippen molar-refractivity contribution in [1.29, 1.82) is 0 Å². The van der Waals surface area contributed by atoms with Gasteiger partial charge in [0.25, 0.3) is 0 Å². The van der Waals surface area contributed by atoms with Crippen LogP contribution in [0.4, 0.5) is 0 Å². The van der Waals surface area contributed by atoms with Gasteiger partial charge in [0.1, 0.15) is 18.9 Å². The predicted octanol–water partition coefficient (Wildman–Crippen LogP) is 2.52. The lowest BCUT2D eigenvalue weighted by molar-refractivity contribution is -0.702. The van der Waals surface area contributed by atoms with Crippen molar-refractivity contribution >= 4 is 0 Å². The number of aliphatic hydroxyl groups is 1. The maximum atomic E-state index is 9.28. The zero-order valence-corrected chi connectivity index (χ0v) is 11.3. The van der Waals surface area contributed by atoms with Gasteiger partial charge in [0, 0.05) is 0 Å². The Bertz CT molecular complexity index is 294. The van der Waals surface area contributed by atoms with Crippen LogP contribution in [-0.4, -0.2) is 15.8 Å². The molecule has 1 rings (SSSR count). The van der Waals surface area contributed by atoms with E-state index in [0.29, 0.717) is 6.54 Å². The first-order valence-electron chi connectivity index (χ1n) is 6.95. The molecule has 0 saturated heterocycles. The fourth-order valence-electron chi connectivity index (χ4n) is 2.06. The van der Waals surface area contributed by atoms with Crippen LogP contribution in [0, 0.1) is 0 Å². The Morgan fingerprint density at radius 3 is 2.59 bits per heavy atom. The standard InChI is InChI=1S/C14H27N2O/c1-3-4-5-6-7-8-9-15-10-11-16(13-15)12-14(2)17/h10-11,13-14,17H,3-9,12H2,1-2H3/q+1/t14-/m0/s1. The number of imidazole rings is 1. The van der Waals surface area contributed by atoms with Crippen molar-refractivity contribution in [1.82, 2.24) is 4.57 Å². The molecule has 0 amide bonds. The molecule has 0 spiro atoms. The minimum absolute atomic E-state index is 0.273. The quantitative estimate of drug-likeness (QED) is 0.520. The van der Waals surface area contributed by atoms with Gasteiger partial charge in [-0.2, -0.15) is 0 Å². The van der Waals surface area contributed by atoms with Gasteiger partial charge in [0.05, 0.1) is 12.6 Å². The lowest BCUT2D eigenvalue weighted by Gasteiger charge is -1.99. The van der Waals surface area contributed by atoms with Crippen LogP contribution in [0.5, 0.6) is 0 Å². The Labute approximate surface area is 105 Å². The minimum atomic E-state index is -0.273. The van der Waals surface area contributed by atoms with E-state index in [2.05, 4.69) is 24.0 Å². The van der Waals surface area contributed by atoms with Gasteiger partial charge in [-0.15, -0.1) is 0 Å². The van der Waals surface area contributed by atoms with Gasteiger partial charge < -0.3 is 5.11 Å². The van der Waals surface area contributed by atoms with E-state index in [-0.39, 0.29) is 6.10 Å². The molecule has 17 heavy (non-hydrogen) atoms. The lowest BCUT2D eigenvalue weighted by Crippen LogP contribution is -2.36. The van der Waals surface area contributed by atoms with Crippen molar-refractivity contribution in [3.05, 3.63) is 18.7 Å². The summed E-state index contributed by atoms with van der Waals surface area (Å²) in [6.07, 6.45) is 13.9.